The number of unbranched alkanes of at least 4 members (excludes halogenated alkanes) is 1. The summed E-state index contributed by atoms with van der Waals surface area (Å²) in [4.78, 5) is 0. The lowest BCUT2D eigenvalue weighted by molar-refractivity contribution is 0.372. The molecule has 0 amide bonds. The minimum Gasteiger partial charge on any atom is -0.314 e. The van der Waals surface area contributed by atoms with Crippen molar-refractivity contribution >= 4 is 12.6 Å². The molecule has 0 bridgehead atoms. The molecule has 1 aliphatic rings. The molecule has 0 aromatic rings. The summed E-state index contributed by atoms with van der Waals surface area (Å²) in [5, 5.41) is 3.61. The van der Waals surface area contributed by atoms with Crippen molar-refractivity contribution < 1.29 is 0 Å². The van der Waals surface area contributed by atoms with Crippen molar-refractivity contribution in [3.05, 3.63) is 0 Å². The highest BCUT2D eigenvalue weighted by molar-refractivity contribution is 7.80. The lowest BCUT2D eigenvalue weighted by Gasteiger charge is -2.22. The van der Waals surface area contributed by atoms with E-state index in [1.807, 2.05) is 0 Å². The molecule has 0 atom stereocenters. The first-order chi connectivity index (χ1) is 5.93. The summed E-state index contributed by atoms with van der Waals surface area (Å²) in [7, 11) is 0. The van der Waals surface area contributed by atoms with Crippen LogP contribution in [0.15, 0.2) is 0 Å². The van der Waals surface area contributed by atoms with Crippen molar-refractivity contribution in [3.8, 4) is 0 Å². The molecule has 0 spiro atoms. The van der Waals surface area contributed by atoms with Crippen molar-refractivity contribution in [2.24, 2.45) is 0 Å². The van der Waals surface area contributed by atoms with Gasteiger partial charge in [0.2, 0.25) is 0 Å². The maximum absolute atomic E-state index is 4.89. The van der Waals surface area contributed by atoms with E-state index in [4.69, 9.17) is 12.6 Å². The monoisotopic (exact) mass is 186 g/mol. The zero-order valence-electron chi connectivity index (χ0n) is 7.85. The Balaban J connectivity index is 1.91. The molecule has 0 unspecified atom stereocenters. The fourth-order valence-corrected chi connectivity index (χ4v) is 2.04. The summed E-state index contributed by atoms with van der Waals surface area (Å²) in [6.07, 6.45) is 9.57. The number of hydrogen-bond acceptors (Lipinski definition) is 1. The molecule has 12 heavy (non-hydrogen) atoms. The minimum atomic E-state index is 0.823. The van der Waals surface area contributed by atoms with Crippen LogP contribution in [0.4, 0.5) is 0 Å². The molecule has 0 aliphatic heterocycles. The van der Waals surface area contributed by atoms with Crippen LogP contribution in [0.1, 0.15) is 44.9 Å². The lowest BCUT2D eigenvalue weighted by atomic mass is 9.95. The van der Waals surface area contributed by atoms with Gasteiger partial charge in [0.15, 0.2) is 0 Å². The van der Waals surface area contributed by atoms with Gasteiger partial charge in [-0.3, -0.25) is 0 Å². The highest BCUT2D eigenvalue weighted by atomic mass is 32.1. The quantitative estimate of drug-likeness (QED) is 0.651. The smallest absolute Gasteiger partial charge is 0.00670 e. The molecule has 1 fully saturated rings. The van der Waals surface area contributed by atoms with Gasteiger partial charge < -0.3 is 5.32 Å². The van der Waals surface area contributed by atoms with Crippen molar-refractivity contribution in [1.82, 2.24) is 5.32 Å². The van der Waals surface area contributed by atoms with Crippen molar-refractivity contribution in [3.63, 3.8) is 0 Å². The van der Waals surface area contributed by atoms with Gasteiger partial charge in [-0.05, 0) is 32.2 Å². The first-order valence-corrected chi connectivity index (χ1v) is 5.82. The third kappa shape index (κ3) is 4.36. The molecule has 2 heteroatoms. The predicted octanol–water partition coefficient (Wildman–Crippen LogP) is 2.89. The Morgan fingerprint density at radius 3 is 2.50 bits per heavy atom. The van der Waals surface area contributed by atoms with E-state index in [0.29, 0.717) is 0 Å². The average molecular weight is 186 g/mol. The van der Waals surface area contributed by atoms with E-state index in [2.05, 4.69) is 5.32 Å². The molecular formula is C10H20NS. The van der Waals surface area contributed by atoms with Crippen LogP contribution in [0.3, 0.4) is 0 Å². The van der Waals surface area contributed by atoms with Crippen LogP contribution in [0.2, 0.25) is 0 Å². The largest absolute Gasteiger partial charge is 0.314 e. The van der Waals surface area contributed by atoms with E-state index in [1.54, 1.807) is 0 Å². The first-order valence-electron chi connectivity index (χ1n) is 5.25. The topological polar surface area (TPSA) is 12.0 Å². The third-order valence-electron chi connectivity index (χ3n) is 2.61. The molecule has 1 aliphatic carbocycles. The van der Waals surface area contributed by atoms with Gasteiger partial charge in [-0.25, -0.2) is 0 Å². The molecule has 1 N–H and O–H groups in total. The van der Waals surface area contributed by atoms with E-state index in [-0.39, 0.29) is 0 Å². The van der Waals surface area contributed by atoms with Gasteiger partial charge in [0, 0.05) is 11.8 Å². The summed E-state index contributed by atoms with van der Waals surface area (Å²) in [5.74, 6) is 0.923. The second-order valence-electron chi connectivity index (χ2n) is 3.70. The summed E-state index contributed by atoms with van der Waals surface area (Å²) < 4.78 is 0. The number of rotatable bonds is 5. The van der Waals surface area contributed by atoms with Crippen LogP contribution in [-0.2, 0) is 0 Å². The zero-order chi connectivity index (χ0) is 8.65. The van der Waals surface area contributed by atoms with Gasteiger partial charge in [0.05, 0.1) is 0 Å². The lowest BCUT2D eigenvalue weighted by Crippen LogP contribution is -2.31. The minimum absolute atomic E-state index is 0.823. The van der Waals surface area contributed by atoms with Crippen LogP contribution in [0.5, 0.6) is 0 Å². The van der Waals surface area contributed by atoms with Crippen LogP contribution in [-0.4, -0.2) is 18.3 Å². The molecular weight excluding hydrogens is 166 g/mol. The fraction of sp³-hybridized carbons (Fsp3) is 1.00. The van der Waals surface area contributed by atoms with E-state index in [9.17, 15) is 0 Å². The van der Waals surface area contributed by atoms with Gasteiger partial charge in [0.1, 0.15) is 0 Å². The third-order valence-corrected chi connectivity index (χ3v) is 2.90. The summed E-state index contributed by atoms with van der Waals surface area (Å²) in [6.45, 7) is 1.18. The van der Waals surface area contributed by atoms with Gasteiger partial charge >= 0.3 is 0 Å². The Labute approximate surface area is 81.7 Å². The van der Waals surface area contributed by atoms with E-state index >= 15 is 0 Å². The summed E-state index contributed by atoms with van der Waals surface area (Å²) >= 11 is 4.89. The maximum atomic E-state index is 4.89. The molecule has 0 aromatic heterocycles. The molecule has 1 radical (unpaired) electrons. The normalized spacial score (nSPS) is 19.8. The van der Waals surface area contributed by atoms with E-state index in [1.165, 1.54) is 51.5 Å². The molecule has 0 aromatic carbocycles. The van der Waals surface area contributed by atoms with Crippen molar-refractivity contribution in [1.29, 1.82) is 0 Å². The molecule has 1 rings (SSSR count). The molecule has 71 valence electrons. The van der Waals surface area contributed by atoms with Gasteiger partial charge in [-0.2, -0.15) is 0 Å². The average Bonchev–Trinajstić information content (AvgIpc) is 2.14. The van der Waals surface area contributed by atoms with Gasteiger partial charge in [0.25, 0.3) is 0 Å². The van der Waals surface area contributed by atoms with Crippen LogP contribution in [0, 0.1) is 0 Å². The number of hydrogen-bond donors (Lipinski definition) is 1. The van der Waals surface area contributed by atoms with E-state index < -0.39 is 0 Å². The Kier molecular flexibility index (Phi) is 5.88. The molecule has 1 nitrogen and oxygen atoms in total. The second-order valence-corrected chi connectivity index (χ2v) is 4.11. The van der Waals surface area contributed by atoms with Gasteiger partial charge in [-0.1, -0.05) is 31.9 Å². The highest BCUT2D eigenvalue weighted by Crippen LogP contribution is 2.17. The maximum Gasteiger partial charge on any atom is 0.00670 e. The predicted molar refractivity (Wildman–Crippen MR) is 56.6 cm³/mol. The van der Waals surface area contributed by atoms with Crippen LogP contribution < -0.4 is 5.32 Å². The standard InChI is InChI=1S/C10H20NS/c12-9-5-4-8-11-10-6-2-1-3-7-10/h10-11H,1-9H2. The summed E-state index contributed by atoms with van der Waals surface area (Å²) in [6, 6.07) is 0.823. The Hall–Kier alpha value is 0.310. The molecule has 1 saturated carbocycles. The Bertz CT molecular complexity index is 100. The number of nitrogens with one attached hydrogen (secondary N) is 1. The zero-order valence-corrected chi connectivity index (χ0v) is 8.67. The Morgan fingerprint density at radius 2 is 1.83 bits per heavy atom. The Morgan fingerprint density at radius 1 is 1.08 bits per heavy atom. The SMILES string of the molecule is [S]CCCCNC1CCCCC1. The molecule has 0 heterocycles. The van der Waals surface area contributed by atoms with Crippen molar-refractivity contribution in [2.45, 2.75) is 51.0 Å². The first kappa shape index (κ1) is 10.4. The van der Waals surface area contributed by atoms with Crippen LogP contribution in [0.25, 0.3) is 0 Å². The second kappa shape index (κ2) is 6.79. The van der Waals surface area contributed by atoms with Crippen LogP contribution >= 0.6 is 12.6 Å². The van der Waals surface area contributed by atoms with Gasteiger partial charge in [-0.15, -0.1) is 0 Å². The molecule has 0 saturated heterocycles. The highest BCUT2D eigenvalue weighted by Gasteiger charge is 2.11. The van der Waals surface area contributed by atoms with Crippen molar-refractivity contribution in [2.75, 3.05) is 12.3 Å². The van der Waals surface area contributed by atoms with E-state index in [0.717, 1.165) is 11.8 Å². The fourth-order valence-electron chi connectivity index (χ4n) is 1.84. The summed E-state index contributed by atoms with van der Waals surface area (Å²) in [5.41, 5.74) is 0.